The molecule has 0 aliphatic carbocycles. The first-order valence-corrected chi connectivity index (χ1v) is 11.0. The van der Waals surface area contributed by atoms with Gasteiger partial charge in [0.1, 0.15) is 0 Å². The van der Waals surface area contributed by atoms with E-state index in [9.17, 15) is 20.1 Å². The molecular weight excluding hydrogens is 390 g/mol. The second-order valence-corrected chi connectivity index (χ2v) is 9.72. The van der Waals surface area contributed by atoms with E-state index in [1.165, 1.54) is 5.56 Å². The van der Waals surface area contributed by atoms with Gasteiger partial charge in [-0.15, -0.1) is 0 Å². The zero-order chi connectivity index (χ0) is 22.3. The second kappa shape index (κ2) is 7.75. The summed E-state index contributed by atoms with van der Waals surface area (Å²) < 4.78 is 0. The van der Waals surface area contributed by atoms with Gasteiger partial charge in [-0.2, -0.15) is 10.5 Å². The van der Waals surface area contributed by atoms with E-state index in [0.717, 1.165) is 6.54 Å². The van der Waals surface area contributed by atoms with Crippen LogP contribution in [0.25, 0.3) is 0 Å². The first-order valence-electron chi connectivity index (χ1n) is 11.0. The fourth-order valence-electron chi connectivity index (χ4n) is 6.11. The van der Waals surface area contributed by atoms with Crippen molar-refractivity contribution in [3.8, 4) is 12.1 Å². The molecule has 2 atom stereocenters. The predicted octanol–water partition coefficient (Wildman–Crippen LogP) is 1.92. The van der Waals surface area contributed by atoms with Gasteiger partial charge in [-0.1, -0.05) is 44.2 Å². The number of nitrogens with one attached hydrogen (secondary N) is 1. The van der Waals surface area contributed by atoms with Gasteiger partial charge in [-0.3, -0.25) is 24.7 Å². The molecule has 0 aromatic heterocycles. The minimum absolute atomic E-state index is 0.267. The average molecular weight is 420 g/mol. The van der Waals surface area contributed by atoms with Gasteiger partial charge in [0.25, 0.3) is 0 Å². The van der Waals surface area contributed by atoms with Crippen molar-refractivity contribution in [2.24, 2.45) is 22.2 Å². The molecular formula is C24H29N5O2. The summed E-state index contributed by atoms with van der Waals surface area (Å²) in [5.41, 5.74) is -2.57. The van der Waals surface area contributed by atoms with Crippen LogP contribution in [0.15, 0.2) is 30.3 Å². The smallest absolute Gasteiger partial charge is 0.249 e. The molecule has 3 heterocycles. The Morgan fingerprint density at radius 3 is 2.00 bits per heavy atom. The average Bonchev–Trinajstić information content (AvgIpc) is 2.75. The molecule has 1 spiro atoms. The number of rotatable bonds is 4. The first kappa shape index (κ1) is 21.5. The molecule has 0 radical (unpaired) electrons. The fraction of sp³-hybridized carbons (Fsp3) is 0.583. The number of imide groups is 1. The summed E-state index contributed by atoms with van der Waals surface area (Å²) in [5, 5.41) is 23.1. The number of benzene rings is 1. The van der Waals surface area contributed by atoms with E-state index in [2.05, 4.69) is 48.3 Å². The zero-order valence-electron chi connectivity index (χ0n) is 18.2. The van der Waals surface area contributed by atoms with Crippen LogP contribution in [0.3, 0.4) is 0 Å². The van der Waals surface area contributed by atoms with Gasteiger partial charge in [0.2, 0.25) is 11.8 Å². The van der Waals surface area contributed by atoms with E-state index in [1.54, 1.807) is 0 Å². The number of likely N-dealkylation sites (tertiary alicyclic amines) is 2. The van der Waals surface area contributed by atoms with Crippen LogP contribution in [0.1, 0.15) is 32.3 Å². The third kappa shape index (κ3) is 3.07. The molecule has 1 aromatic carbocycles. The topological polar surface area (TPSA) is 100 Å². The van der Waals surface area contributed by atoms with Gasteiger partial charge < -0.3 is 0 Å². The maximum Gasteiger partial charge on any atom is 0.249 e. The molecule has 0 saturated carbocycles. The molecule has 7 nitrogen and oxygen atoms in total. The SMILES string of the molecule is CC(C)CN1CC2(C#N)C(=O)NC(=O)C(C#N)(C1)C21CCN(Cc2ccccc2)CC1. The largest absolute Gasteiger partial charge is 0.299 e. The number of nitriles is 2. The molecule has 2 unspecified atom stereocenters. The van der Waals surface area contributed by atoms with E-state index >= 15 is 0 Å². The highest BCUT2D eigenvalue weighted by Crippen LogP contribution is 2.63. The van der Waals surface area contributed by atoms with Crippen molar-refractivity contribution in [2.75, 3.05) is 32.7 Å². The number of carbonyl (C=O) groups excluding carboxylic acids is 2. The van der Waals surface area contributed by atoms with Gasteiger partial charge >= 0.3 is 0 Å². The second-order valence-electron chi connectivity index (χ2n) is 9.72. The lowest BCUT2D eigenvalue weighted by Gasteiger charge is -2.63. The number of hydrogen-bond acceptors (Lipinski definition) is 6. The molecule has 3 aliphatic rings. The van der Waals surface area contributed by atoms with Crippen LogP contribution in [0.4, 0.5) is 0 Å². The van der Waals surface area contributed by atoms with Gasteiger partial charge in [-0.05, 0) is 37.4 Å². The maximum absolute atomic E-state index is 13.2. The van der Waals surface area contributed by atoms with Crippen LogP contribution in [0, 0.1) is 44.8 Å². The van der Waals surface area contributed by atoms with Crippen LogP contribution >= 0.6 is 0 Å². The number of amides is 2. The van der Waals surface area contributed by atoms with E-state index in [0.29, 0.717) is 38.4 Å². The van der Waals surface area contributed by atoms with Crippen molar-refractivity contribution in [1.29, 1.82) is 10.5 Å². The van der Waals surface area contributed by atoms with Gasteiger partial charge in [0, 0.05) is 31.6 Å². The number of nitrogens with zero attached hydrogens (tertiary/aromatic N) is 4. The summed E-state index contributed by atoms with van der Waals surface area (Å²) in [6, 6.07) is 14.8. The lowest BCUT2D eigenvalue weighted by Crippen LogP contribution is -2.79. The van der Waals surface area contributed by atoms with Crippen molar-refractivity contribution in [3.05, 3.63) is 35.9 Å². The first-order chi connectivity index (χ1) is 14.8. The van der Waals surface area contributed by atoms with E-state index < -0.39 is 28.1 Å². The summed E-state index contributed by atoms with van der Waals surface area (Å²) in [7, 11) is 0. The quantitative estimate of drug-likeness (QED) is 0.749. The van der Waals surface area contributed by atoms with Gasteiger partial charge in [0.15, 0.2) is 10.8 Å². The van der Waals surface area contributed by atoms with Crippen molar-refractivity contribution in [3.63, 3.8) is 0 Å². The molecule has 3 fully saturated rings. The number of piperidine rings is 3. The highest BCUT2D eigenvalue weighted by Gasteiger charge is 2.76. The number of carbonyl (C=O) groups is 2. The lowest BCUT2D eigenvalue weighted by atomic mass is 9.43. The molecule has 31 heavy (non-hydrogen) atoms. The Morgan fingerprint density at radius 2 is 1.52 bits per heavy atom. The molecule has 1 N–H and O–H groups in total. The molecule has 4 rings (SSSR count). The van der Waals surface area contributed by atoms with Gasteiger partial charge in [-0.25, -0.2) is 0 Å². The summed E-state index contributed by atoms with van der Waals surface area (Å²) in [5.74, 6) is -0.765. The Morgan fingerprint density at radius 1 is 0.968 bits per heavy atom. The maximum atomic E-state index is 13.2. The zero-order valence-corrected chi connectivity index (χ0v) is 18.2. The summed E-state index contributed by atoms with van der Waals surface area (Å²) in [6.45, 7) is 7.36. The molecule has 3 aliphatic heterocycles. The van der Waals surface area contributed by atoms with Crippen LogP contribution in [-0.4, -0.2) is 54.3 Å². The molecule has 162 valence electrons. The minimum Gasteiger partial charge on any atom is -0.299 e. The third-order valence-corrected chi connectivity index (χ3v) is 7.52. The third-order valence-electron chi connectivity index (χ3n) is 7.52. The Kier molecular flexibility index (Phi) is 5.37. The molecule has 3 saturated heterocycles. The summed E-state index contributed by atoms with van der Waals surface area (Å²) >= 11 is 0. The number of hydrogen-bond donors (Lipinski definition) is 1. The highest BCUT2D eigenvalue weighted by molar-refractivity contribution is 6.08. The predicted molar refractivity (Wildman–Crippen MR) is 114 cm³/mol. The van der Waals surface area contributed by atoms with E-state index in [1.807, 2.05) is 23.1 Å². The van der Waals surface area contributed by atoms with Crippen molar-refractivity contribution >= 4 is 11.8 Å². The van der Waals surface area contributed by atoms with Crippen LogP contribution < -0.4 is 5.32 Å². The summed E-state index contributed by atoms with van der Waals surface area (Å²) in [4.78, 5) is 30.7. The van der Waals surface area contributed by atoms with Gasteiger partial charge in [0.05, 0.1) is 12.1 Å². The molecule has 2 amide bonds. The van der Waals surface area contributed by atoms with Crippen LogP contribution in [-0.2, 0) is 16.1 Å². The molecule has 1 aromatic rings. The lowest BCUT2D eigenvalue weighted by molar-refractivity contribution is -0.188. The van der Waals surface area contributed by atoms with Crippen molar-refractivity contribution in [2.45, 2.75) is 33.2 Å². The normalized spacial score (nSPS) is 30.6. The Bertz CT molecular complexity index is 910. The van der Waals surface area contributed by atoms with Crippen molar-refractivity contribution < 1.29 is 9.59 Å². The molecule has 7 heteroatoms. The standard InChI is InChI=1S/C24H29N5O2/c1-18(2)12-29-16-22(14-25)20(30)27-21(31)23(15-26,17-29)24(22)8-10-28(11-9-24)13-19-6-4-3-5-7-19/h3-7,18H,8-13,16-17H2,1-2H3,(H,27,30,31). The van der Waals surface area contributed by atoms with Crippen LogP contribution in [0.2, 0.25) is 0 Å². The fourth-order valence-corrected chi connectivity index (χ4v) is 6.11. The minimum atomic E-state index is -1.40. The van der Waals surface area contributed by atoms with E-state index in [-0.39, 0.29) is 13.1 Å². The Balaban J connectivity index is 1.70. The Labute approximate surface area is 183 Å². The monoisotopic (exact) mass is 419 g/mol. The molecule has 2 bridgehead atoms. The Hall–Kier alpha value is -2.74. The van der Waals surface area contributed by atoms with Crippen LogP contribution in [0.5, 0.6) is 0 Å². The summed E-state index contributed by atoms with van der Waals surface area (Å²) in [6.07, 6.45) is 0.964. The van der Waals surface area contributed by atoms with Crippen molar-refractivity contribution in [1.82, 2.24) is 15.1 Å². The van der Waals surface area contributed by atoms with E-state index in [4.69, 9.17) is 0 Å². The highest BCUT2D eigenvalue weighted by atomic mass is 16.2.